The number of allylic oxidation sites excluding steroid dienone is 4. The lowest BCUT2D eigenvalue weighted by Gasteiger charge is -2.05. The molecule has 0 aromatic carbocycles. The van der Waals surface area contributed by atoms with E-state index >= 15 is 0 Å². The molecule has 0 aliphatic heterocycles. The van der Waals surface area contributed by atoms with E-state index < -0.39 is 0 Å². The topological polar surface area (TPSA) is 26.3 Å². The maximum absolute atomic E-state index is 11.8. The second-order valence-electron chi connectivity index (χ2n) is 9.03. The fraction of sp³-hybridized carbons (Fsp3) is 0.828. The Balaban J connectivity index is 3.24. The van der Waals surface area contributed by atoms with Crippen molar-refractivity contribution < 1.29 is 9.53 Å². The normalized spacial score (nSPS) is 11.7. The first-order valence-corrected chi connectivity index (χ1v) is 13.8. The van der Waals surface area contributed by atoms with Crippen molar-refractivity contribution in [2.45, 2.75) is 149 Å². The van der Waals surface area contributed by atoms with E-state index in [9.17, 15) is 4.79 Å². The number of carbonyl (C=O) groups is 1. The van der Waals surface area contributed by atoms with Crippen molar-refractivity contribution in [2.24, 2.45) is 0 Å². The van der Waals surface area contributed by atoms with Gasteiger partial charge in [0.1, 0.15) is 0 Å². The van der Waals surface area contributed by atoms with E-state index in [0.717, 1.165) is 25.7 Å². The quantitative estimate of drug-likeness (QED) is 0.0858. The maximum Gasteiger partial charge on any atom is 0.305 e. The molecule has 0 aromatic heterocycles. The molecule has 0 bridgehead atoms. The number of hydrogen-bond acceptors (Lipinski definition) is 2. The van der Waals surface area contributed by atoms with Gasteiger partial charge in [-0.2, -0.15) is 0 Å². The number of hydrogen-bond donors (Lipinski definition) is 0. The van der Waals surface area contributed by atoms with Crippen LogP contribution in [0, 0.1) is 0 Å². The Morgan fingerprint density at radius 2 is 1.00 bits per heavy atom. The second kappa shape index (κ2) is 27.0. The van der Waals surface area contributed by atoms with Crippen LogP contribution in [0.5, 0.6) is 0 Å². The number of rotatable bonds is 24. The number of unbranched alkanes of at least 4 members (excludes halogenated alkanes) is 16. The van der Waals surface area contributed by atoms with Gasteiger partial charge in [-0.25, -0.2) is 0 Å². The minimum Gasteiger partial charge on any atom is -0.466 e. The third kappa shape index (κ3) is 26.9. The van der Waals surface area contributed by atoms with Crippen LogP contribution in [0.25, 0.3) is 0 Å². The summed E-state index contributed by atoms with van der Waals surface area (Å²) in [5, 5.41) is 0. The van der Waals surface area contributed by atoms with Crippen LogP contribution in [0.2, 0.25) is 0 Å². The average Bonchev–Trinajstić information content (AvgIpc) is 2.77. The molecule has 2 heteroatoms. The molecule has 0 fully saturated rings. The van der Waals surface area contributed by atoms with Gasteiger partial charge in [0.15, 0.2) is 0 Å². The highest BCUT2D eigenvalue weighted by Gasteiger charge is 2.02. The summed E-state index contributed by atoms with van der Waals surface area (Å²) in [4.78, 5) is 11.8. The first-order chi connectivity index (χ1) is 15.3. The summed E-state index contributed by atoms with van der Waals surface area (Å²) < 4.78 is 5.37. The van der Waals surface area contributed by atoms with Gasteiger partial charge < -0.3 is 4.74 Å². The Bertz CT molecular complexity index is 411. The van der Waals surface area contributed by atoms with E-state index in [-0.39, 0.29) is 5.97 Å². The first kappa shape index (κ1) is 29.9. The van der Waals surface area contributed by atoms with Crippen LogP contribution in [0.1, 0.15) is 149 Å². The Morgan fingerprint density at radius 3 is 1.61 bits per heavy atom. The van der Waals surface area contributed by atoms with Crippen LogP contribution in [-0.2, 0) is 9.53 Å². The van der Waals surface area contributed by atoms with E-state index in [1.165, 1.54) is 103 Å². The van der Waals surface area contributed by atoms with Crippen molar-refractivity contribution in [3.63, 3.8) is 0 Å². The smallest absolute Gasteiger partial charge is 0.305 e. The van der Waals surface area contributed by atoms with Crippen LogP contribution < -0.4 is 0 Å². The van der Waals surface area contributed by atoms with Crippen molar-refractivity contribution in [2.75, 3.05) is 6.61 Å². The van der Waals surface area contributed by atoms with Gasteiger partial charge >= 0.3 is 5.97 Å². The van der Waals surface area contributed by atoms with Crippen LogP contribution in [0.15, 0.2) is 24.3 Å². The molecule has 0 saturated heterocycles. The summed E-state index contributed by atoms with van der Waals surface area (Å²) in [6.07, 6.45) is 34.9. The van der Waals surface area contributed by atoms with Gasteiger partial charge in [-0.15, -0.1) is 0 Å². The summed E-state index contributed by atoms with van der Waals surface area (Å²) in [6, 6.07) is 0. The number of ether oxygens (including phenoxy) is 1. The summed E-state index contributed by atoms with van der Waals surface area (Å²) in [5.41, 5.74) is 0. The molecule has 0 radical (unpaired) electrons. The van der Waals surface area contributed by atoms with Crippen molar-refractivity contribution in [1.29, 1.82) is 0 Å². The van der Waals surface area contributed by atoms with Gasteiger partial charge in [-0.05, 0) is 44.9 Å². The zero-order valence-corrected chi connectivity index (χ0v) is 21.2. The molecular weight excluding hydrogens is 380 g/mol. The third-order valence-electron chi connectivity index (χ3n) is 5.84. The summed E-state index contributed by atoms with van der Waals surface area (Å²) in [6.45, 7) is 5.13. The Kier molecular flexibility index (Phi) is 26.1. The SMILES string of the molecule is CCCCC/C=C\C/C=C\CCCCCCCC(=O)OCCCCCCCCCCC. The highest BCUT2D eigenvalue weighted by molar-refractivity contribution is 5.69. The fourth-order valence-corrected chi connectivity index (χ4v) is 3.75. The van der Waals surface area contributed by atoms with Gasteiger partial charge in [0.05, 0.1) is 6.61 Å². The first-order valence-electron chi connectivity index (χ1n) is 13.8. The van der Waals surface area contributed by atoms with Crippen molar-refractivity contribution >= 4 is 5.97 Å². The molecule has 0 aromatic rings. The molecule has 0 N–H and O–H groups in total. The van der Waals surface area contributed by atoms with Gasteiger partial charge in [-0.3, -0.25) is 4.79 Å². The lowest BCUT2D eigenvalue weighted by Crippen LogP contribution is -2.05. The van der Waals surface area contributed by atoms with Gasteiger partial charge in [0, 0.05) is 6.42 Å². The van der Waals surface area contributed by atoms with Crippen LogP contribution in [0.3, 0.4) is 0 Å². The average molecular weight is 435 g/mol. The highest BCUT2D eigenvalue weighted by Crippen LogP contribution is 2.11. The molecule has 31 heavy (non-hydrogen) atoms. The molecule has 0 aliphatic rings. The second-order valence-corrected chi connectivity index (χ2v) is 9.03. The van der Waals surface area contributed by atoms with E-state index in [2.05, 4.69) is 38.2 Å². The molecular formula is C29H54O2. The summed E-state index contributed by atoms with van der Waals surface area (Å²) in [7, 11) is 0. The lowest BCUT2D eigenvalue weighted by atomic mass is 10.1. The van der Waals surface area contributed by atoms with E-state index in [1.807, 2.05) is 0 Å². The predicted octanol–water partition coefficient (Wildman–Crippen LogP) is 9.87. The lowest BCUT2D eigenvalue weighted by molar-refractivity contribution is -0.143. The van der Waals surface area contributed by atoms with Crippen LogP contribution in [-0.4, -0.2) is 12.6 Å². The van der Waals surface area contributed by atoms with Crippen LogP contribution >= 0.6 is 0 Å². The third-order valence-corrected chi connectivity index (χ3v) is 5.84. The van der Waals surface area contributed by atoms with Crippen molar-refractivity contribution in [3.8, 4) is 0 Å². The largest absolute Gasteiger partial charge is 0.466 e. The molecule has 0 saturated carbocycles. The molecule has 0 heterocycles. The van der Waals surface area contributed by atoms with Gasteiger partial charge in [0.25, 0.3) is 0 Å². The maximum atomic E-state index is 11.8. The Morgan fingerprint density at radius 1 is 0.548 bits per heavy atom. The predicted molar refractivity (Wildman–Crippen MR) is 138 cm³/mol. The highest BCUT2D eigenvalue weighted by atomic mass is 16.5. The minimum absolute atomic E-state index is 0.00486. The molecule has 0 amide bonds. The molecule has 0 atom stereocenters. The van der Waals surface area contributed by atoms with E-state index in [1.54, 1.807) is 0 Å². The number of carbonyl (C=O) groups excluding carboxylic acids is 1. The summed E-state index contributed by atoms with van der Waals surface area (Å²) in [5.74, 6) is 0.00486. The number of esters is 1. The summed E-state index contributed by atoms with van der Waals surface area (Å²) >= 11 is 0. The van der Waals surface area contributed by atoms with Crippen molar-refractivity contribution in [1.82, 2.24) is 0 Å². The standard InChI is InChI=1S/C29H54O2/c1-3-5-7-9-11-13-14-15-16-17-18-19-21-23-25-27-29(30)31-28-26-24-22-20-12-10-8-6-4-2/h11,13,15-16H,3-10,12,14,17-28H2,1-2H3/b13-11-,16-15-. The van der Waals surface area contributed by atoms with Crippen LogP contribution in [0.4, 0.5) is 0 Å². The zero-order valence-electron chi connectivity index (χ0n) is 21.2. The molecule has 0 spiro atoms. The van der Waals surface area contributed by atoms with Gasteiger partial charge in [0.2, 0.25) is 0 Å². The van der Waals surface area contributed by atoms with Gasteiger partial charge in [-0.1, -0.05) is 122 Å². The zero-order chi connectivity index (χ0) is 22.7. The fourth-order valence-electron chi connectivity index (χ4n) is 3.75. The molecule has 0 rings (SSSR count). The Hall–Kier alpha value is -1.05. The molecule has 0 unspecified atom stereocenters. The van der Waals surface area contributed by atoms with E-state index in [0.29, 0.717) is 13.0 Å². The molecule has 2 nitrogen and oxygen atoms in total. The monoisotopic (exact) mass is 434 g/mol. The minimum atomic E-state index is 0.00486. The molecule has 0 aliphatic carbocycles. The molecule has 182 valence electrons. The van der Waals surface area contributed by atoms with Crippen molar-refractivity contribution in [3.05, 3.63) is 24.3 Å². The Labute approximate surface area is 195 Å². The van der Waals surface area contributed by atoms with E-state index in [4.69, 9.17) is 4.74 Å².